The predicted molar refractivity (Wildman–Crippen MR) is 85.3 cm³/mol. The molecule has 4 heteroatoms. The molecular formula is C15H19ClN2S. The summed E-state index contributed by atoms with van der Waals surface area (Å²) in [5.74, 6) is 2.01. The molecule has 1 fully saturated rings. The molecule has 0 unspecified atom stereocenters. The van der Waals surface area contributed by atoms with Crippen LogP contribution in [0.1, 0.15) is 32.6 Å². The highest BCUT2D eigenvalue weighted by Gasteiger charge is 2.38. The van der Waals surface area contributed by atoms with Crippen molar-refractivity contribution in [2.75, 3.05) is 11.1 Å². The zero-order valence-electron chi connectivity index (χ0n) is 11.2. The van der Waals surface area contributed by atoms with Crippen molar-refractivity contribution in [1.29, 1.82) is 0 Å². The van der Waals surface area contributed by atoms with Crippen molar-refractivity contribution >= 4 is 34.2 Å². The summed E-state index contributed by atoms with van der Waals surface area (Å²) in [5.41, 5.74) is 1.28. The Kier molecular flexibility index (Phi) is 3.77. The summed E-state index contributed by atoms with van der Waals surface area (Å²) in [4.78, 5) is 4.97. The molecule has 1 N–H and O–H groups in total. The summed E-state index contributed by atoms with van der Waals surface area (Å²) in [7, 11) is 0. The van der Waals surface area contributed by atoms with Crippen molar-refractivity contribution in [2.45, 2.75) is 38.1 Å². The zero-order valence-corrected chi connectivity index (χ0v) is 12.7. The summed E-state index contributed by atoms with van der Waals surface area (Å²) >= 11 is 7.75. The van der Waals surface area contributed by atoms with E-state index in [0.29, 0.717) is 0 Å². The van der Waals surface area contributed by atoms with E-state index in [0.717, 1.165) is 27.5 Å². The van der Waals surface area contributed by atoms with Crippen LogP contribution in [0.2, 0.25) is 5.02 Å². The highest BCUT2D eigenvalue weighted by molar-refractivity contribution is 8.14. The molecule has 1 saturated carbocycles. The second-order valence-corrected chi connectivity index (χ2v) is 7.14. The second-order valence-electron chi connectivity index (χ2n) is 5.74. The van der Waals surface area contributed by atoms with Gasteiger partial charge in [0.05, 0.1) is 5.54 Å². The molecule has 0 radical (unpaired) electrons. The number of hydrogen-bond donors (Lipinski definition) is 1. The normalized spacial score (nSPS) is 30.4. The fourth-order valence-electron chi connectivity index (χ4n) is 2.76. The maximum atomic E-state index is 5.90. The first kappa shape index (κ1) is 13.3. The van der Waals surface area contributed by atoms with Crippen molar-refractivity contribution in [3.05, 3.63) is 29.3 Å². The number of benzene rings is 1. The quantitative estimate of drug-likeness (QED) is 0.804. The van der Waals surface area contributed by atoms with Gasteiger partial charge in [0, 0.05) is 16.5 Å². The molecule has 102 valence electrons. The van der Waals surface area contributed by atoms with Gasteiger partial charge in [0.2, 0.25) is 0 Å². The van der Waals surface area contributed by atoms with Gasteiger partial charge in [-0.15, -0.1) is 0 Å². The van der Waals surface area contributed by atoms with Crippen LogP contribution in [0.5, 0.6) is 0 Å². The molecule has 1 spiro atoms. The predicted octanol–water partition coefficient (Wildman–Crippen LogP) is 4.80. The molecule has 1 heterocycles. The molecule has 2 aliphatic rings. The van der Waals surface area contributed by atoms with Gasteiger partial charge >= 0.3 is 0 Å². The van der Waals surface area contributed by atoms with Crippen molar-refractivity contribution in [2.24, 2.45) is 10.9 Å². The molecule has 3 rings (SSSR count). The SMILES string of the molecule is CC1CCC2(CC1)CSC(Nc1ccc(Cl)cc1)=N2. The van der Waals surface area contributed by atoms with Gasteiger partial charge in [0.1, 0.15) is 0 Å². The van der Waals surface area contributed by atoms with E-state index in [4.69, 9.17) is 16.6 Å². The number of nitrogens with one attached hydrogen (secondary N) is 1. The molecule has 0 saturated heterocycles. The molecule has 1 aromatic carbocycles. The minimum Gasteiger partial charge on any atom is -0.335 e. The highest BCUT2D eigenvalue weighted by Crippen LogP contribution is 2.41. The maximum absolute atomic E-state index is 5.90. The second kappa shape index (κ2) is 5.37. The smallest absolute Gasteiger partial charge is 0.161 e. The van der Waals surface area contributed by atoms with Gasteiger partial charge in [-0.2, -0.15) is 0 Å². The molecule has 0 aromatic heterocycles. The van der Waals surface area contributed by atoms with Crippen molar-refractivity contribution < 1.29 is 0 Å². The largest absolute Gasteiger partial charge is 0.335 e. The third kappa shape index (κ3) is 3.09. The van der Waals surface area contributed by atoms with Gasteiger partial charge in [-0.05, 0) is 55.9 Å². The fraction of sp³-hybridized carbons (Fsp3) is 0.533. The van der Waals surface area contributed by atoms with Crippen molar-refractivity contribution in [1.82, 2.24) is 0 Å². The van der Waals surface area contributed by atoms with Gasteiger partial charge in [0.25, 0.3) is 0 Å². The van der Waals surface area contributed by atoms with Gasteiger partial charge in [-0.3, -0.25) is 4.99 Å². The minimum atomic E-state index is 0.214. The molecule has 0 amide bonds. The summed E-state index contributed by atoms with van der Waals surface area (Å²) in [6.07, 6.45) is 5.12. The summed E-state index contributed by atoms with van der Waals surface area (Å²) in [5, 5.41) is 5.24. The van der Waals surface area contributed by atoms with Crippen LogP contribution in [0.3, 0.4) is 0 Å². The van der Waals surface area contributed by atoms with Gasteiger partial charge < -0.3 is 5.32 Å². The zero-order chi connectivity index (χ0) is 13.3. The first-order valence-corrected chi connectivity index (χ1v) is 8.27. The van der Waals surface area contributed by atoms with Gasteiger partial charge in [-0.25, -0.2) is 0 Å². The summed E-state index contributed by atoms with van der Waals surface area (Å²) in [6.45, 7) is 2.35. The lowest BCUT2D eigenvalue weighted by atomic mass is 9.79. The number of amidine groups is 1. The molecule has 1 aliphatic carbocycles. The molecule has 1 aromatic rings. The number of thioether (sulfide) groups is 1. The van der Waals surface area contributed by atoms with E-state index in [2.05, 4.69) is 12.2 Å². The third-order valence-corrected chi connectivity index (χ3v) is 5.52. The Morgan fingerprint density at radius 1 is 1.26 bits per heavy atom. The van der Waals surface area contributed by atoms with Crippen LogP contribution < -0.4 is 5.32 Å². The minimum absolute atomic E-state index is 0.214. The first-order valence-electron chi connectivity index (χ1n) is 6.90. The fourth-order valence-corrected chi connectivity index (χ4v) is 4.09. The monoisotopic (exact) mass is 294 g/mol. The summed E-state index contributed by atoms with van der Waals surface area (Å²) < 4.78 is 0. The Labute approximate surface area is 124 Å². The van der Waals surface area contributed by atoms with E-state index in [1.165, 1.54) is 25.7 Å². The summed E-state index contributed by atoms with van der Waals surface area (Å²) in [6, 6.07) is 7.81. The molecule has 19 heavy (non-hydrogen) atoms. The lowest BCUT2D eigenvalue weighted by molar-refractivity contribution is 0.273. The molecule has 1 aliphatic heterocycles. The Bertz CT molecular complexity index is 475. The Balaban J connectivity index is 1.68. The number of hydrogen-bond acceptors (Lipinski definition) is 3. The standard InChI is InChI=1S/C15H19ClN2S/c1-11-6-8-15(9-7-11)10-19-14(18-15)17-13-4-2-12(16)3-5-13/h2-5,11H,6-10H2,1H3,(H,17,18). The van der Waals surface area contributed by atoms with Crippen LogP contribution in [-0.4, -0.2) is 16.5 Å². The van der Waals surface area contributed by atoms with E-state index in [1.54, 1.807) is 0 Å². The third-order valence-electron chi connectivity index (χ3n) is 4.12. The van der Waals surface area contributed by atoms with E-state index < -0.39 is 0 Å². The topological polar surface area (TPSA) is 24.4 Å². The van der Waals surface area contributed by atoms with Gasteiger partial charge in [0.15, 0.2) is 5.17 Å². The molecule has 0 atom stereocenters. The Morgan fingerprint density at radius 3 is 2.63 bits per heavy atom. The van der Waals surface area contributed by atoms with E-state index in [1.807, 2.05) is 36.0 Å². The van der Waals surface area contributed by atoms with Crippen LogP contribution >= 0.6 is 23.4 Å². The van der Waals surface area contributed by atoms with Crippen LogP contribution in [0.4, 0.5) is 5.69 Å². The number of anilines is 1. The van der Waals surface area contributed by atoms with Crippen molar-refractivity contribution in [3.63, 3.8) is 0 Å². The van der Waals surface area contributed by atoms with Crippen LogP contribution in [0.15, 0.2) is 29.3 Å². The van der Waals surface area contributed by atoms with Crippen molar-refractivity contribution in [3.8, 4) is 0 Å². The lowest BCUT2D eigenvalue weighted by Gasteiger charge is -2.32. The number of halogens is 1. The van der Waals surface area contributed by atoms with E-state index in [-0.39, 0.29) is 5.54 Å². The Morgan fingerprint density at radius 2 is 1.95 bits per heavy atom. The average molecular weight is 295 g/mol. The van der Waals surface area contributed by atoms with Gasteiger partial charge in [-0.1, -0.05) is 30.3 Å². The van der Waals surface area contributed by atoms with E-state index >= 15 is 0 Å². The molecule has 0 bridgehead atoms. The Hall–Kier alpha value is -0.670. The average Bonchev–Trinajstić information content (AvgIpc) is 2.80. The van der Waals surface area contributed by atoms with Crippen LogP contribution in [-0.2, 0) is 0 Å². The molecule has 2 nitrogen and oxygen atoms in total. The van der Waals surface area contributed by atoms with Crippen LogP contribution in [0, 0.1) is 5.92 Å². The first-order chi connectivity index (χ1) is 9.15. The maximum Gasteiger partial charge on any atom is 0.161 e. The number of nitrogens with zero attached hydrogens (tertiary/aromatic N) is 1. The van der Waals surface area contributed by atoms with Crippen LogP contribution in [0.25, 0.3) is 0 Å². The highest BCUT2D eigenvalue weighted by atomic mass is 35.5. The number of aliphatic imine (C=N–C) groups is 1. The molecular weight excluding hydrogens is 276 g/mol. The van der Waals surface area contributed by atoms with E-state index in [9.17, 15) is 0 Å². The number of rotatable bonds is 1. The lowest BCUT2D eigenvalue weighted by Crippen LogP contribution is -2.32.